The number of nitrogens with one attached hydrogen (secondary N) is 2. The minimum Gasteiger partial charge on any atom is -0.444 e. The number of primary amides is 1. The molecule has 0 spiro atoms. The highest BCUT2D eigenvalue weighted by Crippen LogP contribution is 2.65. The maximum absolute atomic E-state index is 13.8. The minimum absolute atomic E-state index is 0.0890. The van der Waals surface area contributed by atoms with Gasteiger partial charge in [-0.15, -0.1) is 0 Å². The third-order valence-electron chi connectivity index (χ3n) is 7.68. The molecule has 1 aliphatic heterocycles. The van der Waals surface area contributed by atoms with Crippen molar-refractivity contribution in [3.8, 4) is 0 Å². The van der Waals surface area contributed by atoms with Gasteiger partial charge in [0.2, 0.25) is 17.6 Å². The van der Waals surface area contributed by atoms with Crippen LogP contribution in [0.1, 0.15) is 74.7 Å². The predicted octanol–water partition coefficient (Wildman–Crippen LogP) is 1.75. The Bertz CT molecular complexity index is 943. The molecule has 2 aliphatic carbocycles. The fourth-order valence-electron chi connectivity index (χ4n) is 5.40. The fraction of sp³-hybridized carbons (Fsp3) is 0.808. The molecule has 10 heteroatoms. The van der Waals surface area contributed by atoms with Crippen LogP contribution in [0.15, 0.2) is 0 Å². The third kappa shape index (κ3) is 6.00. The molecule has 4 N–H and O–H groups in total. The van der Waals surface area contributed by atoms with Crippen molar-refractivity contribution in [2.24, 2.45) is 34.3 Å². The Hall–Kier alpha value is -2.65. The van der Waals surface area contributed by atoms with E-state index in [1.165, 1.54) is 4.90 Å². The van der Waals surface area contributed by atoms with Gasteiger partial charge in [0.05, 0.1) is 6.04 Å². The minimum atomic E-state index is -1.08. The van der Waals surface area contributed by atoms with Gasteiger partial charge in [-0.3, -0.25) is 19.2 Å². The normalized spacial score (nSPS) is 26.3. The summed E-state index contributed by atoms with van der Waals surface area (Å²) < 4.78 is 5.38. The van der Waals surface area contributed by atoms with Crippen LogP contribution in [0.5, 0.6) is 0 Å². The number of alkyl carbamates (subject to hydrolysis) is 1. The van der Waals surface area contributed by atoms with E-state index < -0.39 is 52.8 Å². The standard InChI is InChI=1S/C26H42N4O6/c1-24(2,3)19(29-23(35)36-25(4,5)6)22(34)30-12-14-16(26(14,7)8)17(30)21(33)28-15(11-13-9-10-13)18(31)20(27)32/h13-17,19H,9-12H2,1-8H3,(H2,27,32)(H,28,33)(H,29,35)/t14?,15?,16?,17-,19?/m0/s1. The lowest BCUT2D eigenvalue weighted by atomic mass is 9.85. The lowest BCUT2D eigenvalue weighted by molar-refractivity contribution is -0.145. The lowest BCUT2D eigenvalue weighted by Crippen LogP contribution is -2.60. The second-order valence-corrected chi connectivity index (χ2v) is 13.3. The zero-order chi connectivity index (χ0) is 27.4. The molecule has 4 unspecified atom stereocenters. The smallest absolute Gasteiger partial charge is 0.408 e. The highest BCUT2D eigenvalue weighted by molar-refractivity contribution is 6.37. The molecule has 10 nitrogen and oxygen atoms in total. The molecule has 3 fully saturated rings. The van der Waals surface area contributed by atoms with E-state index >= 15 is 0 Å². The van der Waals surface area contributed by atoms with Crippen LogP contribution in [0.2, 0.25) is 0 Å². The molecule has 0 aromatic carbocycles. The highest BCUT2D eigenvalue weighted by Gasteiger charge is 2.70. The SMILES string of the molecule is CC(C)(C)OC(=O)NC(C(=O)N1CC2C([C@H]1C(=O)NC(CC1CC1)C(=O)C(N)=O)C2(C)C)C(C)(C)C. The number of amides is 4. The van der Waals surface area contributed by atoms with Crippen LogP contribution in [0.25, 0.3) is 0 Å². The Balaban J connectivity index is 1.83. The first kappa shape index (κ1) is 27.9. The number of carbonyl (C=O) groups is 5. The maximum Gasteiger partial charge on any atom is 0.408 e. The molecule has 3 aliphatic rings. The second kappa shape index (κ2) is 9.34. The number of carbonyl (C=O) groups excluding carboxylic acids is 5. The molecule has 0 radical (unpaired) electrons. The Kier molecular flexibility index (Phi) is 7.24. The van der Waals surface area contributed by atoms with Gasteiger partial charge in [0.1, 0.15) is 17.7 Å². The van der Waals surface area contributed by atoms with Gasteiger partial charge in [-0.25, -0.2) is 4.79 Å². The molecular formula is C26H42N4O6. The molecule has 5 atom stereocenters. The number of nitrogens with two attached hydrogens (primary N) is 1. The summed E-state index contributed by atoms with van der Waals surface area (Å²) in [6.07, 6.45) is 1.52. The van der Waals surface area contributed by atoms with E-state index in [2.05, 4.69) is 24.5 Å². The van der Waals surface area contributed by atoms with Crippen LogP contribution < -0.4 is 16.4 Å². The Labute approximate surface area is 213 Å². The summed E-state index contributed by atoms with van der Waals surface area (Å²) in [5.41, 5.74) is 3.70. The number of ether oxygens (including phenoxy) is 1. The molecule has 1 heterocycles. The average Bonchev–Trinajstić information content (AvgIpc) is 3.55. The Morgan fingerprint density at radius 1 is 1.03 bits per heavy atom. The van der Waals surface area contributed by atoms with E-state index in [-0.39, 0.29) is 29.1 Å². The van der Waals surface area contributed by atoms with Crippen LogP contribution >= 0.6 is 0 Å². The molecule has 4 amide bonds. The summed E-state index contributed by atoms with van der Waals surface area (Å²) in [6, 6.07) is -2.75. The molecule has 0 bridgehead atoms. The van der Waals surface area contributed by atoms with Crippen molar-refractivity contribution in [2.75, 3.05) is 6.54 Å². The number of piperidine rings is 1. The molecule has 36 heavy (non-hydrogen) atoms. The number of Topliss-reactive ketones (excluding diaryl/α,β-unsaturated/α-hetero) is 1. The van der Waals surface area contributed by atoms with E-state index in [1.54, 1.807) is 20.8 Å². The van der Waals surface area contributed by atoms with Gasteiger partial charge in [0, 0.05) is 6.54 Å². The van der Waals surface area contributed by atoms with Crippen LogP contribution in [-0.4, -0.2) is 64.8 Å². The summed E-state index contributed by atoms with van der Waals surface area (Å²) in [6.45, 7) is 15.2. The zero-order valence-corrected chi connectivity index (χ0v) is 22.8. The van der Waals surface area contributed by atoms with E-state index in [4.69, 9.17) is 10.5 Å². The third-order valence-corrected chi connectivity index (χ3v) is 7.68. The molecule has 1 saturated heterocycles. The topological polar surface area (TPSA) is 148 Å². The molecule has 2 saturated carbocycles. The molecule has 3 rings (SSSR count). The van der Waals surface area contributed by atoms with E-state index in [1.807, 2.05) is 20.8 Å². The zero-order valence-electron chi connectivity index (χ0n) is 22.8. The van der Waals surface area contributed by atoms with Crippen molar-refractivity contribution in [2.45, 2.75) is 98.4 Å². The van der Waals surface area contributed by atoms with Crippen molar-refractivity contribution < 1.29 is 28.7 Å². The maximum atomic E-state index is 13.8. The van der Waals surface area contributed by atoms with Crippen LogP contribution in [0.4, 0.5) is 4.79 Å². The molecule has 0 aromatic heterocycles. The van der Waals surface area contributed by atoms with Crippen molar-refractivity contribution in [1.29, 1.82) is 0 Å². The van der Waals surface area contributed by atoms with Gasteiger partial charge in [-0.2, -0.15) is 0 Å². The number of likely N-dealkylation sites (tertiary alicyclic amines) is 1. The van der Waals surface area contributed by atoms with Gasteiger partial charge in [0.15, 0.2) is 0 Å². The number of rotatable bonds is 8. The number of hydrogen-bond acceptors (Lipinski definition) is 6. The lowest BCUT2D eigenvalue weighted by Gasteiger charge is -2.38. The van der Waals surface area contributed by atoms with E-state index in [0.29, 0.717) is 13.0 Å². The van der Waals surface area contributed by atoms with Crippen LogP contribution in [0, 0.1) is 28.6 Å². The monoisotopic (exact) mass is 506 g/mol. The van der Waals surface area contributed by atoms with Crippen molar-refractivity contribution in [1.82, 2.24) is 15.5 Å². The van der Waals surface area contributed by atoms with Crippen molar-refractivity contribution in [3.05, 3.63) is 0 Å². The Morgan fingerprint density at radius 2 is 1.61 bits per heavy atom. The van der Waals surface area contributed by atoms with Gasteiger partial charge in [0.25, 0.3) is 5.91 Å². The van der Waals surface area contributed by atoms with Gasteiger partial charge < -0.3 is 26.0 Å². The first-order valence-electron chi connectivity index (χ1n) is 12.8. The van der Waals surface area contributed by atoms with Crippen molar-refractivity contribution in [3.63, 3.8) is 0 Å². The Morgan fingerprint density at radius 3 is 2.08 bits per heavy atom. The van der Waals surface area contributed by atoms with E-state index in [9.17, 15) is 24.0 Å². The summed E-state index contributed by atoms with van der Waals surface area (Å²) in [5.74, 6) is -2.45. The van der Waals surface area contributed by atoms with Crippen molar-refractivity contribution >= 4 is 29.6 Å². The summed E-state index contributed by atoms with van der Waals surface area (Å²) >= 11 is 0. The summed E-state index contributed by atoms with van der Waals surface area (Å²) in [4.78, 5) is 65.5. The molecular weight excluding hydrogens is 464 g/mol. The predicted molar refractivity (Wildman–Crippen MR) is 132 cm³/mol. The van der Waals surface area contributed by atoms with Gasteiger partial charge in [-0.05, 0) is 55.8 Å². The quantitative estimate of drug-likeness (QED) is 0.427. The first-order chi connectivity index (χ1) is 16.3. The number of fused-ring (bicyclic) bond motifs is 1. The van der Waals surface area contributed by atoms with E-state index in [0.717, 1.165) is 12.8 Å². The van der Waals surface area contributed by atoms with Crippen LogP contribution in [0.3, 0.4) is 0 Å². The summed E-state index contributed by atoms with van der Waals surface area (Å²) in [7, 11) is 0. The molecule has 0 aromatic rings. The molecule has 202 valence electrons. The number of nitrogens with zero attached hydrogens (tertiary/aromatic N) is 1. The second-order valence-electron chi connectivity index (χ2n) is 13.3. The summed E-state index contributed by atoms with van der Waals surface area (Å²) in [5, 5.41) is 5.45. The number of hydrogen-bond donors (Lipinski definition) is 3. The highest BCUT2D eigenvalue weighted by atomic mass is 16.6. The van der Waals surface area contributed by atoms with Gasteiger partial charge >= 0.3 is 6.09 Å². The van der Waals surface area contributed by atoms with Gasteiger partial charge in [-0.1, -0.05) is 47.5 Å². The largest absolute Gasteiger partial charge is 0.444 e. The average molecular weight is 507 g/mol. The van der Waals surface area contributed by atoms with Crippen LogP contribution in [-0.2, 0) is 23.9 Å². The first-order valence-corrected chi connectivity index (χ1v) is 12.8. The number of ketones is 1. The fourth-order valence-corrected chi connectivity index (χ4v) is 5.40.